The van der Waals surface area contributed by atoms with E-state index in [1.54, 1.807) is 6.07 Å². The summed E-state index contributed by atoms with van der Waals surface area (Å²) in [5, 5.41) is 2.91. The first-order chi connectivity index (χ1) is 9.52. The first kappa shape index (κ1) is 15.0. The third-order valence-corrected chi connectivity index (χ3v) is 3.50. The topological polar surface area (TPSA) is 47.6 Å². The van der Waals surface area contributed by atoms with Gasteiger partial charge in [0.2, 0.25) is 6.10 Å². The van der Waals surface area contributed by atoms with E-state index in [1.807, 2.05) is 18.2 Å². The predicted octanol–water partition coefficient (Wildman–Crippen LogP) is 2.60. The number of hydrogen-bond donors (Lipinski definition) is 1. The molecular formula is C15H20ClNO3. The van der Waals surface area contributed by atoms with E-state index >= 15 is 0 Å². The van der Waals surface area contributed by atoms with Gasteiger partial charge in [0.25, 0.3) is 5.91 Å². The summed E-state index contributed by atoms with van der Waals surface area (Å²) in [4.78, 5) is 12.1. The summed E-state index contributed by atoms with van der Waals surface area (Å²) in [7, 11) is 0. The number of amides is 1. The molecule has 1 unspecified atom stereocenters. The number of alkyl halides is 1. The maximum Gasteiger partial charge on any atom is 0.264 e. The molecule has 1 amide bonds. The second kappa shape index (κ2) is 6.35. The van der Waals surface area contributed by atoms with Gasteiger partial charge in [-0.2, -0.15) is 0 Å². The van der Waals surface area contributed by atoms with E-state index in [1.165, 1.54) is 0 Å². The maximum absolute atomic E-state index is 12.1. The molecule has 1 N–H and O–H groups in total. The summed E-state index contributed by atoms with van der Waals surface area (Å²) in [6.07, 6.45) is 0.247. The molecule has 1 aromatic rings. The van der Waals surface area contributed by atoms with Crippen molar-refractivity contribution in [3.05, 3.63) is 24.3 Å². The van der Waals surface area contributed by atoms with Gasteiger partial charge in [0.15, 0.2) is 11.5 Å². The maximum atomic E-state index is 12.1. The van der Waals surface area contributed by atoms with Crippen LogP contribution >= 0.6 is 11.6 Å². The van der Waals surface area contributed by atoms with Crippen molar-refractivity contribution in [2.24, 2.45) is 5.41 Å². The molecule has 0 saturated carbocycles. The molecule has 1 aliphatic rings. The molecule has 0 radical (unpaired) electrons. The van der Waals surface area contributed by atoms with Crippen LogP contribution in [0.4, 0.5) is 0 Å². The molecular weight excluding hydrogens is 278 g/mol. The van der Waals surface area contributed by atoms with Gasteiger partial charge in [0.1, 0.15) is 6.61 Å². The molecule has 4 nitrogen and oxygen atoms in total. The molecule has 0 spiro atoms. The molecule has 0 bridgehead atoms. The average molecular weight is 298 g/mol. The Hall–Kier alpha value is -1.42. The zero-order valence-corrected chi connectivity index (χ0v) is 12.6. The Morgan fingerprint density at radius 3 is 2.80 bits per heavy atom. The second-order valence-corrected chi connectivity index (χ2v) is 6.06. The Bertz CT molecular complexity index is 476. The smallest absolute Gasteiger partial charge is 0.264 e. The van der Waals surface area contributed by atoms with E-state index in [-0.39, 0.29) is 17.9 Å². The number of rotatable bonds is 5. The molecule has 0 fully saturated rings. The van der Waals surface area contributed by atoms with Crippen LogP contribution < -0.4 is 14.8 Å². The summed E-state index contributed by atoms with van der Waals surface area (Å²) < 4.78 is 11.2. The van der Waals surface area contributed by atoms with Crippen LogP contribution in [0.1, 0.15) is 20.3 Å². The number of halogens is 1. The summed E-state index contributed by atoms with van der Waals surface area (Å²) in [6.45, 7) is 4.95. The molecule has 5 heteroatoms. The fourth-order valence-electron chi connectivity index (χ4n) is 1.93. The Morgan fingerprint density at radius 2 is 2.10 bits per heavy atom. The van der Waals surface area contributed by atoms with Crippen LogP contribution in [-0.2, 0) is 4.79 Å². The second-order valence-electron chi connectivity index (χ2n) is 5.69. The van der Waals surface area contributed by atoms with Crippen molar-refractivity contribution in [2.45, 2.75) is 26.4 Å². The first-order valence-electron chi connectivity index (χ1n) is 6.74. The fraction of sp³-hybridized carbons (Fsp3) is 0.533. The molecule has 20 heavy (non-hydrogen) atoms. The van der Waals surface area contributed by atoms with E-state index in [9.17, 15) is 4.79 Å². The van der Waals surface area contributed by atoms with Crippen molar-refractivity contribution in [2.75, 3.05) is 19.0 Å². The molecule has 1 heterocycles. The molecule has 0 saturated heterocycles. The van der Waals surface area contributed by atoms with Crippen LogP contribution in [0.25, 0.3) is 0 Å². The quantitative estimate of drug-likeness (QED) is 0.850. The van der Waals surface area contributed by atoms with Gasteiger partial charge in [-0.1, -0.05) is 26.0 Å². The van der Waals surface area contributed by atoms with Gasteiger partial charge in [-0.05, 0) is 24.0 Å². The Kier molecular flexibility index (Phi) is 4.76. The van der Waals surface area contributed by atoms with E-state index in [0.717, 1.165) is 6.42 Å². The number of carbonyl (C=O) groups is 1. The summed E-state index contributed by atoms with van der Waals surface area (Å²) >= 11 is 5.75. The van der Waals surface area contributed by atoms with Gasteiger partial charge in [0, 0.05) is 12.4 Å². The average Bonchev–Trinajstić information content (AvgIpc) is 2.44. The normalized spacial score (nSPS) is 17.6. The lowest BCUT2D eigenvalue weighted by molar-refractivity contribution is -0.130. The van der Waals surface area contributed by atoms with Crippen molar-refractivity contribution in [3.8, 4) is 11.5 Å². The van der Waals surface area contributed by atoms with E-state index in [2.05, 4.69) is 19.2 Å². The monoisotopic (exact) mass is 297 g/mol. The fourth-order valence-corrected chi connectivity index (χ4v) is 2.44. The van der Waals surface area contributed by atoms with Crippen LogP contribution in [0, 0.1) is 5.41 Å². The molecule has 2 rings (SSSR count). The van der Waals surface area contributed by atoms with Crippen LogP contribution in [0.3, 0.4) is 0 Å². The number of carbonyl (C=O) groups excluding carboxylic acids is 1. The van der Waals surface area contributed by atoms with Crippen LogP contribution in [0.2, 0.25) is 0 Å². The minimum atomic E-state index is -0.600. The van der Waals surface area contributed by atoms with Crippen LogP contribution in [-0.4, -0.2) is 31.0 Å². The number of nitrogens with one attached hydrogen (secondary N) is 1. The van der Waals surface area contributed by atoms with Crippen molar-refractivity contribution in [1.29, 1.82) is 0 Å². The number of ether oxygens (including phenoxy) is 2. The van der Waals surface area contributed by atoms with E-state index in [4.69, 9.17) is 21.1 Å². The Morgan fingerprint density at radius 1 is 1.40 bits per heavy atom. The number of benzene rings is 1. The first-order valence-corrected chi connectivity index (χ1v) is 7.27. The van der Waals surface area contributed by atoms with Crippen molar-refractivity contribution >= 4 is 17.5 Å². The Labute approximate surface area is 124 Å². The number of para-hydroxylation sites is 2. The largest absolute Gasteiger partial charge is 0.485 e. The third kappa shape index (κ3) is 3.79. The summed E-state index contributed by atoms with van der Waals surface area (Å²) in [6, 6.07) is 7.35. The lowest BCUT2D eigenvalue weighted by atomic mass is 9.90. The van der Waals surface area contributed by atoms with Crippen molar-refractivity contribution < 1.29 is 14.3 Å². The molecule has 110 valence electrons. The third-order valence-electron chi connectivity index (χ3n) is 3.31. The highest BCUT2D eigenvalue weighted by Gasteiger charge is 2.28. The van der Waals surface area contributed by atoms with Crippen molar-refractivity contribution in [3.63, 3.8) is 0 Å². The van der Waals surface area contributed by atoms with Gasteiger partial charge in [0.05, 0.1) is 0 Å². The highest BCUT2D eigenvalue weighted by molar-refractivity contribution is 6.17. The molecule has 1 aromatic carbocycles. The summed E-state index contributed by atoms with van der Waals surface area (Å²) in [5.41, 5.74) is -0.0230. The lowest BCUT2D eigenvalue weighted by Gasteiger charge is -2.28. The number of fused-ring (bicyclic) bond motifs is 1. The molecule has 1 aliphatic heterocycles. The van der Waals surface area contributed by atoms with Crippen molar-refractivity contribution in [1.82, 2.24) is 5.32 Å². The summed E-state index contributed by atoms with van der Waals surface area (Å²) in [5.74, 6) is 1.72. The van der Waals surface area contributed by atoms with Gasteiger partial charge in [-0.25, -0.2) is 0 Å². The minimum absolute atomic E-state index is 0.0230. The van der Waals surface area contributed by atoms with Gasteiger partial charge < -0.3 is 14.8 Å². The van der Waals surface area contributed by atoms with E-state index in [0.29, 0.717) is 23.9 Å². The van der Waals surface area contributed by atoms with Crippen LogP contribution in [0.15, 0.2) is 24.3 Å². The highest BCUT2D eigenvalue weighted by atomic mass is 35.5. The molecule has 0 aliphatic carbocycles. The standard InChI is InChI=1S/C15H20ClNO3/c1-15(2,7-8-16)10-17-14(18)13-9-19-11-5-3-4-6-12(11)20-13/h3-6,13H,7-10H2,1-2H3,(H,17,18). The zero-order valence-electron chi connectivity index (χ0n) is 11.8. The van der Waals surface area contributed by atoms with Crippen LogP contribution in [0.5, 0.6) is 11.5 Å². The van der Waals surface area contributed by atoms with Gasteiger partial charge >= 0.3 is 0 Å². The van der Waals surface area contributed by atoms with Gasteiger partial charge in [-0.15, -0.1) is 11.6 Å². The highest BCUT2D eigenvalue weighted by Crippen LogP contribution is 2.30. The lowest BCUT2D eigenvalue weighted by Crippen LogP contribution is -2.46. The Balaban J connectivity index is 1.89. The number of hydrogen-bond acceptors (Lipinski definition) is 3. The molecule has 0 aromatic heterocycles. The SMILES string of the molecule is CC(C)(CCCl)CNC(=O)C1COc2ccccc2O1. The zero-order chi connectivity index (χ0) is 14.6. The van der Waals surface area contributed by atoms with Gasteiger partial charge in [-0.3, -0.25) is 4.79 Å². The minimum Gasteiger partial charge on any atom is -0.485 e. The van der Waals surface area contributed by atoms with E-state index < -0.39 is 6.10 Å². The molecule has 1 atom stereocenters. The predicted molar refractivity (Wildman–Crippen MR) is 78.5 cm³/mol.